The highest BCUT2D eigenvalue weighted by Gasteiger charge is 2.16. The molecule has 96 valence electrons. The lowest BCUT2D eigenvalue weighted by molar-refractivity contribution is 0.219. The van der Waals surface area contributed by atoms with Gasteiger partial charge in [0.2, 0.25) is 0 Å². The lowest BCUT2D eigenvalue weighted by Gasteiger charge is -2.28. The van der Waals surface area contributed by atoms with E-state index in [9.17, 15) is 5.11 Å². The highest BCUT2D eigenvalue weighted by molar-refractivity contribution is 5.26. The van der Waals surface area contributed by atoms with Crippen molar-refractivity contribution in [3.8, 4) is 5.75 Å². The molecule has 1 fully saturated rings. The van der Waals surface area contributed by atoms with Crippen molar-refractivity contribution in [1.82, 2.24) is 4.90 Å². The molecular formula is C15H25NO. The van der Waals surface area contributed by atoms with Gasteiger partial charge in [0.1, 0.15) is 5.75 Å². The Hall–Kier alpha value is -1.02. The summed E-state index contributed by atoms with van der Waals surface area (Å²) in [5.74, 6) is 1.19. The van der Waals surface area contributed by atoms with Crippen LogP contribution < -0.4 is 0 Å². The molecule has 2 heteroatoms. The fourth-order valence-corrected chi connectivity index (χ4v) is 2.23. The van der Waals surface area contributed by atoms with Crippen LogP contribution in [0, 0.1) is 5.92 Å². The Morgan fingerprint density at radius 3 is 2.18 bits per heavy atom. The number of nitrogens with zero attached hydrogens (tertiary/aromatic N) is 1. The fourth-order valence-electron chi connectivity index (χ4n) is 2.23. The highest BCUT2D eigenvalue weighted by atomic mass is 16.3. The van der Waals surface area contributed by atoms with Gasteiger partial charge in [0.05, 0.1) is 0 Å². The summed E-state index contributed by atoms with van der Waals surface area (Å²) in [7, 11) is 2.19. The topological polar surface area (TPSA) is 23.5 Å². The van der Waals surface area contributed by atoms with Crippen molar-refractivity contribution in [3.63, 3.8) is 0 Å². The number of phenolic OH excluding ortho intramolecular Hbond substituents is 1. The molecule has 0 aromatic heterocycles. The second kappa shape index (κ2) is 7.33. The van der Waals surface area contributed by atoms with Crippen molar-refractivity contribution >= 4 is 0 Å². The average molecular weight is 235 g/mol. The molecule has 0 amide bonds. The highest BCUT2D eigenvalue weighted by Crippen LogP contribution is 2.21. The molecule has 1 aromatic carbocycles. The summed E-state index contributed by atoms with van der Waals surface area (Å²) in [6, 6.07) is 7.63. The van der Waals surface area contributed by atoms with E-state index in [0.29, 0.717) is 5.75 Å². The van der Waals surface area contributed by atoms with Crippen LogP contribution in [0.2, 0.25) is 0 Å². The third kappa shape index (κ3) is 4.78. The lowest BCUT2D eigenvalue weighted by atomic mass is 9.90. The van der Waals surface area contributed by atoms with E-state index in [1.54, 1.807) is 12.1 Å². The first kappa shape index (κ1) is 14.0. The number of piperidine rings is 1. The van der Waals surface area contributed by atoms with Gasteiger partial charge in [-0.15, -0.1) is 0 Å². The van der Waals surface area contributed by atoms with Crippen molar-refractivity contribution in [3.05, 3.63) is 29.8 Å². The molecular weight excluding hydrogens is 210 g/mol. The van der Waals surface area contributed by atoms with Crippen LogP contribution in [-0.2, 0) is 6.42 Å². The van der Waals surface area contributed by atoms with Crippen LogP contribution in [0.5, 0.6) is 5.75 Å². The molecule has 1 N–H and O–H groups in total. The number of aromatic hydroxyl groups is 1. The molecule has 1 aromatic rings. The van der Waals surface area contributed by atoms with Gasteiger partial charge in [0, 0.05) is 0 Å². The molecule has 0 atom stereocenters. The van der Waals surface area contributed by atoms with Crippen molar-refractivity contribution in [1.29, 1.82) is 0 Å². The number of benzene rings is 1. The predicted molar refractivity (Wildman–Crippen MR) is 73.4 cm³/mol. The summed E-state index contributed by atoms with van der Waals surface area (Å²) in [5.41, 5.74) is 1.35. The van der Waals surface area contributed by atoms with E-state index in [2.05, 4.69) is 11.9 Å². The molecule has 0 aliphatic carbocycles. The Balaban J connectivity index is 0.000000686. The second-order valence-corrected chi connectivity index (χ2v) is 4.62. The molecule has 0 radical (unpaired) electrons. The Kier molecular flexibility index (Phi) is 6.06. The van der Waals surface area contributed by atoms with E-state index in [1.807, 2.05) is 26.0 Å². The Morgan fingerprint density at radius 2 is 1.65 bits per heavy atom. The first-order chi connectivity index (χ1) is 8.24. The Bertz CT molecular complexity index is 299. The summed E-state index contributed by atoms with van der Waals surface area (Å²) in [6.07, 6.45) is 3.77. The summed E-state index contributed by atoms with van der Waals surface area (Å²) in [5, 5.41) is 9.19. The number of likely N-dealkylation sites (tertiary alicyclic amines) is 1. The fraction of sp³-hybridized carbons (Fsp3) is 0.600. The number of hydrogen-bond acceptors (Lipinski definition) is 2. The van der Waals surface area contributed by atoms with E-state index < -0.39 is 0 Å². The molecule has 0 unspecified atom stereocenters. The molecule has 2 rings (SSSR count). The summed E-state index contributed by atoms with van der Waals surface area (Å²) in [6.45, 7) is 6.45. The third-order valence-corrected chi connectivity index (χ3v) is 3.30. The second-order valence-electron chi connectivity index (χ2n) is 4.62. The predicted octanol–water partition coefficient (Wildman–Crippen LogP) is 3.30. The molecule has 0 bridgehead atoms. The molecule has 1 heterocycles. The normalized spacial score (nSPS) is 17.4. The minimum Gasteiger partial charge on any atom is -0.508 e. The van der Waals surface area contributed by atoms with E-state index in [-0.39, 0.29) is 0 Å². The van der Waals surface area contributed by atoms with Crippen molar-refractivity contribution in [2.75, 3.05) is 20.1 Å². The third-order valence-electron chi connectivity index (χ3n) is 3.30. The molecule has 0 saturated carbocycles. The van der Waals surface area contributed by atoms with Gasteiger partial charge in [0.25, 0.3) is 0 Å². The minimum atomic E-state index is 0.363. The van der Waals surface area contributed by atoms with Crippen LogP contribution in [0.25, 0.3) is 0 Å². The maximum Gasteiger partial charge on any atom is 0.115 e. The molecule has 1 saturated heterocycles. The van der Waals surface area contributed by atoms with Crippen LogP contribution in [0.4, 0.5) is 0 Å². The number of hydrogen-bond donors (Lipinski definition) is 1. The molecule has 17 heavy (non-hydrogen) atoms. The Labute approximate surface area is 105 Å². The smallest absolute Gasteiger partial charge is 0.115 e. The van der Waals surface area contributed by atoms with E-state index in [1.165, 1.54) is 31.5 Å². The summed E-state index contributed by atoms with van der Waals surface area (Å²) >= 11 is 0. The molecule has 1 aliphatic heterocycles. The largest absolute Gasteiger partial charge is 0.508 e. The zero-order chi connectivity index (χ0) is 12.7. The van der Waals surface area contributed by atoms with Gasteiger partial charge in [-0.25, -0.2) is 0 Å². The van der Waals surface area contributed by atoms with Gasteiger partial charge in [-0.3, -0.25) is 0 Å². The van der Waals surface area contributed by atoms with Gasteiger partial charge in [-0.05, 0) is 63.0 Å². The first-order valence-electron chi connectivity index (χ1n) is 6.70. The summed E-state index contributed by atoms with van der Waals surface area (Å²) in [4.78, 5) is 2.40. The van der Waals surface area contributed by atoms with Gasteiger partial charge < -0.3 is 10.0 Å². The van der Waals surface area contributed by atoms with Crippen molar-refractivity contribution < 1.29 is 5.11 Å². The molecule has 1 aliphatic rings. The summed E-state index contributed by atoms with van der Waals surface area (Å²) < 4.78 is 0. The van der Waals surface area contributed by atoms with Crippen LogP contribution in [0.1, 0.15) is 32.3 Å². The van der Waals surface area contributed by atoms with Crippen LogP contribution >= 0.6 is 0 Å². The maximum absolute atomic E-state index is 9.19. The molecule has 2 nitrogen and oxygen atoms in total. The van der Waals surface area contributed by atoms with E-state index >= 15 is 0 Å². The average Bonchev–Trinajstić information content (AvgIpc) is 2.37. The van der Waals surface area contributed by atoms with Crippen molar-refractivity contribution in [2.24, 2.45) is 5.92 Å². The van der Waals surface area contributed by atoms with Gasteiger partial charge in [-0.2, -0.15) is 0 Å². The standard InChI is InChI=1S/C13H19NO.C2H6/c1-14-8-6-12(7-9-14)10-11-2-4-13(15)5-3-11;1-2/h2-5,12,15H,6-10H2,1H3;1-2H3. The van der Waals surface area contributed by atoms with E-state index in [0.717, 1.165) is 12.3 Å². The molecule has 0 spiro atoms. The first-order valence-corrected chi connectivity index (χ1v) is 6.70. The van der Waals surface area contributed by atoms with Gasteiger partial charge in [0.15, 0.2) is 0 Å². The van der Waals surface area contributed by atoms with Crippen LogP contribution in [0.15, 0.2) is 24.3 Å². The maximum atomic E-state index is 9.19. The van der Waals surface area contributed by atoms with Crippen LogP contribution in [-0.4, -0.2) is 30.1 Å². The minimum absolute atomic E-state index is 0.363. The van der Waals surface area contributed by atoms with Crippen molar-refractivity contribution in [2.45, 2.75) is 33.1 Å². The lowest BCUT2D eigenvalue weighted by Crippen LogP contribution is -2.30. The monoisotopic (exact) mass is 235 g/mol. The SMILES string of the molecule is CC.CN1CCC(Cc2ccc(O)cc2)CC1. The zero-order valence-electron chi connectivity index (χ0n) is 11.3. The Morgan fingerprint density at radius 1 is 1.12 bits per heavy atom. The number of phenols is 1. The number of rotatable bonds is 2. The van der Waals surface area contributed by atoms with E-state index in [4.69, 9.17) is 0 Å². The quantitative estimate of drug-likeness (QED) is 0.850. The van der Waals surface area contributed by atoms with Gasteiger partial charge in [-0.1, -0.05) is 26.0 Å². The van der Waals surface area contributed by atoms with Crippen LogP contribution in [0.3, 0.4) is 0 Å². The zero-order valence-corrected chi connectivity index (χ0v) is 11.3. The van der Waals surface area contributed by atoms with Gasteiger partial charge >= 0.3 is 0 Å².